The summed E-state index contributed by atoms with van der Waals surface area (Å²) in [6, 6.07) is 28.7. The molecule has 12 heteroatoms. The van der Waals surface area contributed by atoms with Crippen LogP contribution < -0.4 is 4.74 Å². The number of fused-ring (bicyclic) bond motifs is 4. The molecule has 254 valence electrons. The van der Waals surface area contributed by atoms with Crippen molar-refractivity contribution in [2.75, 3.05) is 0 Å². The summed E-state index contributed by atoms with van der Waals surface area (Å²) in [5, 5.41) is 24.0. The van der Waals surface area contributed by atoms with E-state index >= 15 is 13.2 Å². The number of carbonyl (C=O) groups is 1. The number of hydrogen-bond acceptors (Lipinski definition) is 4. The number of H-pyrrole nitrogens is 2. The van der Waals surface area contributed by atoms with Gasteiger partial charge in [-0.05, 0) is 77.7 Å². The summed E-state index contributed by atoms with van der Waals surface area (Å²) in [4.78, 5) is 22.2. The number of aliphatic hydroxyl groups is 1. The number of pyridine rings is 1. The monoisotopic (exact) mass is 725 g/mol. The van der Waals surface area contributed by atoms with E-state index in [0.717, 1.165) is 6.07 Å². The largest absolute Gasteiger partial charge is 0.478 e. The molecule has 5 aromatic carbocycles. The minimum absolute atomic E-state index is 0.0259. The van der Waals surface area contributed by atoms with Gasteiger partial charge in [0.25, 0.3) is 0 Å². The smallest absolute Gasteiger partial charge is 0.422 e. The number of aromatic nitrogens is 3. The third kappa shape index (κ3) is 5.52. The van der Waals surface area contributed by atoms with Crippen LogP contribution in [-0.4, -0.2) is 37.3 Å². The summed E-state index contributed by atoms with van der Waals surface area (Å²) < 4.78 is 54.0. The van der Waals surface area contributed by atoms with Crippen molar-refractivity contribution in [2.24, 2.45) is 0 Å². The Labute approximate surface area is 296 Å². The van der Waals surface area contributed by atoms with Gasteiger partial charge in [0.1, 0.15) is 11.5 Å². The molecule has 0 aliphatic rings. The number of benzene rings is 5. The molecule has 0 aliphatic carbocycles. The van der Waals surface area contributed by atoms with Crippen molar-refractivity contribution in [1.29, 1.82) is 0 Å². The molecular formula is C39H24Cl2F3N3O4. The van der Waals surface area contributed by atoms with Crippen LogP contribution >= 0.6 is 23.2 Å². The van der Waals surface area contributed by atoms with E-state index in [1.54, 1.807) is 78.9 Å². The maximum atomic E-state index is 16.0. The molecule has 4 N–H and O–H groups in total. The van der Waals surface area contributed by atoms with Crippen LogP contribution in [0.4, 0.5) is 13.2 Å². The Morgan fingerprint density at radius 1 is 0.804 bits per heavy atom. The van der Waals surface area contributed by atoms with Gasteiger partial charge in [-0.3, -0.25) is 0 Å². The van der Waals surface area contributed by atoms with Crippen molar-refractivity contribution in [3.8, 4) is 11.5 Å². The third-order valence-corrected chi connectivity index (χ3v) is 9.67. The number of aromatic amines is 2. The Kier molecular flexibility index (Phi) is 7.71. The Bertz CT molecular complexity index is 2640. The van der Waals surface area contributed by atoms with Gasteiger partial charge in [0.2, 0.25) is 0 Å². The van der Waals surface area contributed by atoms with E-state index in [-0.39, 0.29) is 43.9 Å². The average Bonchev–Trinajstić information content (AvgIpc) is 3.72. The second kappa shape index (κ2) is 12.1. The predicted octanol–water partition coefficient (Wildman–Crippen LogP) is 10.7. The maximum absolute atomic E-state index is 16.0. The Morgan fingerprint density at radius 2 is 1.53 bits per heavy atom. The van der Waals surface area contributed by atoms with Gasteiger partial charge in [0.15, 0.2) is 5.60 Å². The number of aromatic carboxylic acids is 1. The Balaban J connectivity index is 1.36. The highest BCUT2D eigenvalue weighted by molar-refractivity contribution is 6.32. The summed E-state index contributed by atoms with van der Waals surface area (Å²) in [6.45, 7) is 0. The number of halogens is 5. The summed E-state index contributed by atoms with van der Waals surface area (Å²) in [5.41, 5.74) is -2.81. The molecule has 3 aromatic heterocycles. The lowest BCUT2D eigenvalue weighted by Gasteiger charge is -2.39. The van der Waals surface area contributed by atoms with Gasteiger partial charge in [-0.15, -0.1) is 0 Å². The zero-order valence-corrected chi connectivity index (χ0v) is 27.6. The van der Waals surface area contributed by atoms with Gasteiger partial charge in [0.05, 0.1) is 22.5 Å². The number of para-hydroxylation sites is 2. The molecule has 0 spiro atoms. The maximum Gasteiger partial charge on any atom is 0.422 e. The van der Waals surface area contributed by atoms with E-state index in [2.05, 4.69) is 15.0 Å². The summed E-state index contributed by atoms with van der Waals surface area (Å²) in [7, 11) is 0. The van der Waals surface area contributed by atoms with Crippen LogP contribution in [0.1, 0.15) is 33.1 Å². The van der Waals surface area contributed by atoms with Gasteiger partial charge >= 0.3 is 12.1 Å². The molecule has 0 fully saturated rings. The van der Waals surface area contributed by atoms with E-state index in [4.69, 9.17) is 27.9 Å². The second-order valence-corrected chi connectivity index (χ2v) is 13.1. The average molecular weight is 727 g/mol. The van der Waals surface area contributed by atoms with Crippen molar-refractivity contribution in [1.82, 2.24) is 15.0 Å². The van der Waals surface area contributed by atoms with Crippen molar-refractivity contribution >= 4 is 72.8 Å². The first-order chi connectivity index (χ1) is 24.4. The molecule has 0 saturated heterocycles. The molecule has 3 heterocycles. The molecule has 0 radical (unpaired) electrons. The first-order valence-electron chi connectivity index (χ1n) is 15.6. The SMILES string of the molecule is O=C(O)c1c[nH]c2cc(Oc3ccc(Cl)c(C(c4cc5ccccc5[nH]4)C(O)(c4cc(Cl)cc5cc6ccccc6nc45)C(F)(F)F)c3)ccc12. The highest BCUT2D eigenvalue weighted by atomic mass is 35.5. The van der Waals surface area contributed by atoms with Crippen LogP contribution in [0.3, 0.4) is 0 Å². The highest BCUT2D eigenvalue weighted by Gasteiger charge is 2.62. The van der Waals surface area contributed by atoms with E-state index in [1.165, 1.54) is 30.5 Å². The number of carboxylic acids is 1. The fourth-order valence-electron chi connectivity index (χ4n) is 6.77. The summed E-state index contributed by atoms with van der Waals surface area (Å²) in [5.74, 6) is -2.60. The zero-order chi connectivity index (χ0) is 35.7. The fourth-order valence-corrected chi connectivity index (χ4v) is 7.23. The van der Waals surface area contributed by atoms with E-state index in [1.807, 2.05) is 0 Å². The lowest BCUT2D eigenvalue weighted by atomic mass is 9.74. The van der Waals surface area contributed by atoms with Crippen LogP contribution in [0.5, 0.6) is 11.5 Å². The number of nitrogens with one attached hydrogen (secondary N) is 2. The molecule has 8 aromatic rings. The van der Waals surface area contributed by atoms with Crippen molar-refractivity contribution in [3.63, 3.8) is 0 Å². The minimum atomic E-state index is -5.30. The predicted molar refractivity (Wildman–Crippen MR) is 191 cm³/mol. The molecule has 0 bridgehead atoms. The number of alkyl halides is 3. The highest BCUT2D eigenvalue weighted by Crippen LogP contribution is 2.55. The molecule has 0 aliphatic heterocycles. The number of hydrogen-bond donors (Lipinski definition) is 4. The van der Waals surface area contributed by atoms with Crippen molar-refractivity contribution < 1.29 is 32.9 Å². The normalized spacial score (nSPS) is 13.9. The van der Waals surface area contributed by atoms with Gasteiger partial charge < -0.3 is 24.9 Å². The molecule has 2 atom stereocenters. The van der Waals surface area contributed by atoms with E-state index in [9.17, 15) is 15.0 Å². The Morgan fingerprint density at radius 3 is 2.29 bits per heavy atom. The topological polar surface area (TPSA) is 111 Å². The fraction of sp³-hybridized carbons (Fsp3) is 0.0769. The number of carboxylic acid groups (broad SMARTS) is 1. The lowest BCUT2D eigenvalue weighted by molar-refractivity contribution is -0.272. The van der Waals surface area contributed by atoms with Crippen LogP contribution in [-0.2, 0) is 5.60 Å². The summed E-state index contributed by atoms with van der Waals surface area (Å²) in [6.07, 6.45) is -3.95. The van der Waals surface area contributed by atoms with Crippen LogP contribution in [0.15, 0.2) is 115 Å². The van der Waals surface area contributed by atoms with Gasteiger partial charge in [0, 0.05) is 60.8 Å². The first-order valence-corrected chi connectivity index (χ1v) is 16.3. The van der Waals surface area contributed by atoms with Gasteiger partial charge in [-0.25, -0.2) is 9.78 Å². The third-order valence-electron chi connectivity index (χ3n) is 9.10. The standard InChI is InChI=1S/C39H24Cl2F3N3O4/c40-23-14-22-13-20-5-1-4-8-32(20)47-36(22)29(16-23)38(50,39(42,43)44)35(34-15-21-6-2-3-7-31(21)46-34)27-17-24(10-12-30(27)41)51-25-9-11-26-28(37(48)49)19-45-33(26)18-25/h1-19,35,45-46,50H,(H,48,49). The molecule has 0 saturated carbocycles. The van der Waals surface area contributed by atoms with Crippen LogP contribution in [0, 0.1) is 0 Å². The van der Waals surface area contributed by atoms with Gasteiger partial charge in [-0.1, -0.05) is 59.6 Å². The second-order valence-electron chi connectivity index (χ2n) is 12.2. The van der Waals surface area contributed by atoms with Crippen LogP contribution in [0.2, 0.25) is 10.0 Å². The Hall–Kier alpha value is -5.55. The number of nitrogens with zero attached hydrogens (tertiary/aromatic N) is 1. The van der Waals surface area contributed by atoms with Gasteiger partial charge in [-0.2, -0.15) is 13.2 Å². The quantitative estimate of drug-likeness (QED) is 0.122. The molecule has 7 nitrogen and oxygen atoms in total. The first kappa shape index (κ1) is 32.6. The summed E-state index contributed by atoms with van der Waals surface area (Å²) >= 11 is 13.3. The molecule has 51 heavy (non-hydrogen) atoms. The van der Waals surface area contributed by atoms with Crippen LogP contribution in [0.25, 0.3) is 43.6 Å². The zero-order valence-electron chi connectivity index (χ0n) is 26.1. The molecule has 0 amide bonds. The molecule has 8 rings (SSSR count). The molecule has 2 unspecified atom stereocenters. The van der Waals surface area contributed by atoms with E-state index in [0.29, 0.717) is 38.1 Å². The van der Waals surface area contributed by atoms with Crippen molar-refractivity contribution in [3.05, 3.63) is 148 Å². The number of ether oxygens (including phenoxy) is 1. The molecular weight excluding hydrogens is 702 g/mol. The van der Waals surface area contributed by atoms with Crippen molar-refractivity contribution in [2.45, 2.75) is 17.7 Å². The lowest BCUT2D eigenvalue weighted by Crippen LogP contribution is -2.48. The van der Waals surface area contributed by atoms with E-state index < -0.39 is 29.2 Å². The minimum Gasteiger partial charge on any atom is -0.478 e. The number of rotatable bonds is 7.